The molecule has 1 amide bonds. The Hall–Kier alpha value is -3.22. The molecule has 2 aromatic carbocycles. The van der Waals surface area contributed by atoms with Gasteiger partial charge in [-0.25, -0.2) is 8.42 Å². The molecule has 1 saturated heterocycles. The van der Waals surface area contributed by atoms with E-state index in [1.165, 1.54) is 39.9 Å². The van der Waals surface area contributed by atoms with Gasteiger partial charge in [0.25, 0.3) is 5.91 Å². The van der Waals surface area contributed by atoms with Gasteiger partial charge in [-0.15, -0.1) is 0 Å². The van der Waals surface area contributed by atoms with Crippen molar-refractivity contribution in [2.24, 2.45) is 10.9 Å². The van der Waals surface area contributed by atoms with Crippen molar-refractivity contribution in [3.8, 4) is 11.5 Å². The number of nitrogens with zero attached hydrogens (tertiary/aromatic N) is 3. The summed E-state index contributed by atoms with van der Waals surface area (Å²) in [6.07, 6.45) is 1.78. The maximum atomic E-state index is 13.2. The average molecular weight is 574 g/mol. The van der Waals surface area contributed by atoms with E-state index in [0.717, 1.165) is 23.1 Å². The van der Waals surface area contributed by atoms with Gasteiger partial charge in [-0.1, -0.05) is 18.3 Å². The van der Waals surface area contributed by atoms with Crippen LogP contribution in [0.25, 0.3) is 10.2 Å². The van der Waals surface area contributed by atoms with Crippen LogP contribution >= 0.6 is 11.3 Å². The maximum Gasteiger partial charge on any atom is 0.307 e. The molecule has 3 heterocycles. The topological polar surface area (TPSA) is 117 Å². The fourth-order valence-electron chi connectivity index (χ4n) is 4.64. The quantitative estimate of drug-likeness (QED) is 0.397. The number of aromatic nitrogens is 1. The average Bonchev–Trinajstić information content (AvgIpc) is 3.26. The van der Waals surface area contributed by atoms with E-state index in [4.69, 9.17) is 14.2 Å². The SMILES string of the molecule is CCOC(=O)CCn1c(=NC(=O)c2ccc(S(=O)(=O)N3CCC(C)CC3)cc2)sc2cc3c(cc21)OCCO3. The molecule has 0 saturated carbocycles. The largest absolute Gasteiger partial charge is 0.486 e. The van der Waals surface area contributed by atoms with Crippen LogP contribution in [0, 0.1) is 5.92 Å². The van der Waals surface area contributed by atoms with Gasteiger partial charge in [0.2, 0.25) is 10.0 Å². The molecule has 2 aliphatic rings. The second-order valence-electron chi connectivity index (χ2n) is 9.58. The number of hydrogen-bond donors (Lipinski definition) is 0. The summed E-state index contributed by atoms with van der Waals surface area (Å²) in [6.45, 7) is 6.29. The number of piperidine rings is 1. The summed E-state index contributed by atoms with van der Waals surface area (Å²) in [5.41, 5.74) is 1.03. The number of amides is 1. The van der Waals surface area contributed by atoms with Crippen LogP contribution in [0.2, 0.25) is 0 Å². The zero-order chi connectivity index (χ0) is 27.6. The Kier molecular flexibility index (Phi) is 8.06. The Morgan fingerprint density at radius 1 is 1.08 bits per heavy atom. The zero-order valence-corrected chi connectivity index (χ0v) is 23.6. The number of hydrogen-bond acceptors (Lipinski definition) is 8. The third-order valence-corrected chi connectivity index (χ3v) is 9.82. The summed E-state index contributed by atoms with van der Waals surface area (Å²) in [4.78, 5) is 30.2. The van der Waals surface area contributed by atoms with E-state index in [0.29, 0.717) is 48.5 Å². The second-order valence-corrected chi connectivity index (χ2v) is 12.5. The van der Waals surface area contributed by atoms with E-state index in [9.17, 15) is 18.0 Å². The van der Waals surface area contributed by atoms with Gasteiger partial charge in [0.05, 0.1) is 28.1 Å². The molecule has 0 N–H and O–H groups in total. The highest BCUT2D eigenvalue weighted by molar-refractivity contribution is 7.89. The number of carbonyl (C=O) groups is 2. The smallest absolute Gasteiger partial charge is 0.307 e. The maximum absolute atomic E-state index is 13.2. The van der Waals surface area contributed by atoms with Crippen molar-refractivity contribution in [1.82, 2.24) is 8.87 Å². The molecule has 0 atom stereocenters. The molecule has 3 aromatic rings. The van der Waals surface area contributed by atoms with Crippen molar-refractivity contribution in [2.45, 2.75) is 44.6 Å². The Balaban J connectivity index is 1.45. The lowest BCUT2D eigenvalue weighted by atomic mass is 10.0. The van der Waals surface area contributed by atoms with E-state index < -0.39 is 15.9 Å². The predicted molar refractivity (Wildman–Crippen MR) is 146 cm³/mol. The van der Waals surface area contributed by atoms with E-state index in [1.807, 2.05) is 12.1 Å². The molecule has 0 unspecified atom stereocenters. The summed E-state index contributed by atoms with van der Waals surface area (Å²) in [5, 5.41) is 0. The van der Waals surface area contributed by atoms with E-state index in [1.54, 1.807) is 11.5 Å². The zero-order valence-electron chi connectivity index (χ0n) is 21.9. The Morgan fingerprint density at radius 3 is 2.41 bits per heavy atom. The summed E-state index contributed by atoms with van der Waals surface area (Å²) < 4.78 is 46.7. The van der Waals surface area contributed by atoms with Crippen molar-refractivity contribution in [1.29, 1.82) is 0 Å². The Morgan fingerprint density at radius 2 is 1.74 bits per heavy atom. The van der Waals surface area contributed by atoms with E-state index >= 15 is 0 Å². The minimum absolute atomic E-state index is 0.108. The van der Waals surface area contributed by atoms with Crippen LogP contribution in [0.15, 0.2) is 46.3 Å². The van der Waals surface area contributed by atoms with Crippen LogP contribution in [-0.2, 0) is 26.1 Å². The highest BCUT2D eigenvalue weighted by Crippen LogP contribution is 2.35. The van der Waals surface area contributed by atoms with Crippen LogP contribution in [0.3, 0.4) is 0 Å². The number of sulfonamides is 1. The van der Waals surface area contributed by atoms with Gasteiger partial charge in [-0.05, 0) is 49.9 Å². The highest BCUT2D eigenvalue weighted by atomic mass is 32.2. The van der Waals surface area contributed by atoms with Crippen molar-refractivity contribution in [3.05, 3.63) is 46.8 Å². The monoisotopic (exact) mass is 573 g/mol. The van der Waals surface area contributed by atoms with Crippen LogP contribution < -0.4 is 14.3 Å². The van der Waals surface area contributed by atoms with E-state index in [2.05, 4.69) is 11.9 Å². The fourth-order valence-corrected chi connectivity index (χ4v) is 7.17. The molecular formula is C27H31N3O7S2. The molecule has 0 radical (unpaired) electrons. The van der Waals surface area contributed by atoms with Gasteiger partial charge in [0.1, 0.15) is 13.2 Å². The van der Waals surface area contributed by atoms with Gasteiger partial charge >= 0.3 is 5.97 Å². The molecule has 208 valence electrons. The van der Waals surface area contributed by atoms with Crippen molar-refractivity contribution in [3.63, 3.8) is 0 Å². The summed E-state index contributed by atoms with van der Waals surface area (Å²) >= 11 is 1.30. The lowest BCUT2D eigenvalue weighted by Gasteiger charge is -2.29. The van der Waals surface area contributed by atoms with Gasteiger partial charge in [0, 0.05) is 37.3 Å². The number of carbonyl (C=O) groups excluding carboxylic acids is 2. The number of thiazole rings is 1. The Bertz CT molecular complexity index is 1550. The first-order valence-electron chi connectivity index (χ1n) is 13.0. The molecule has 0 bridgehead atoms. The number of fused-ring (bicyclic) bond motifs is 2. The van der Waals surface area contributed by atoms with Crippen LogP contribution in [0.4, 0.5) is 0 Å². The third kappa shape index (κ3) is 5.87. The van der Waals surface area contributed by atoms with Gasteiger partial charge in [-0.3, -0.25) is 9.59 Å². The molecule has 1 fully saturated rings. The third-order valence-electron chi connectivity index (χ3n) is 6.87. The molecule has 2 aliphatic heterocycles. The first-order valence-corrected chi connectivity index (χ1v) is 15.3. The number of benzene rings is 2. The van der Waals surface area contributed by atoms with Crippen molar-refractivity contribution < 1.29 is 32.2 Å². The molecular weight excluding hydrogens is 542 g/mol. The minimum atomic E-state index is -3.62. The summed E-state index contributed by atoms with van der Waals surface area (Å²) in [5.74, 6) is 0.857. The van der Waals surface area contributed by atoms with Gasteiger partial charge in [0.15, 0.2) is 16.3 Å². The molecule has 0 spiro atoms. The number of aryl methyl sites for hydroxylation is 1. The lowest BCUT2D eigenvalue weighted by molar-refractivity contribution is -0.143. The first kappa shape index (κ1) is 27.4. The fraction of sp³-hybridized carbons (Fsp3) is 0.444. The van der Waals surface area contributed by atoms with Crippen LogP contribution in [-0.4, -0.2) is 62.1 Å². The normalized spacial score (nSPS) is 16.9. The highest BCUT2D eigenvalue weighted by Gasteiger charge is 2.28. The number of ether oxygens (including phenoxy) is 3. The molecule has 5 rings (SSSR count). The second kappa shape index (κ2) is 11.5. The first-order chi connectivity index (χ1) is 18.8. The molecule has 0 aliphatic carbocycles. The Labute approximate surface area is 230 Å². The number of rotatable bonds is 7. The van der Waals surface area contributed by atoms with Gasteiger partial charge < -0.3 is 18.8 Å². The van der Waals surface area contributed by atoms with Crippen molar-refractivity contribution >= 4 is 43.5 Å². The van der Waals surface area contributed by atoms with E-state index in [-0.39, 0.29) is 36.0 Å². The molecule has 39 heavy (non-hydrogen) atoms. The number of esters is 1. The van der Waals surface area contributed by atoms with Crippen molar-refractivity contribution in [2.75, 3.05) is 32.9 Å². The predicted octanol–water partition coefficient (Wildman–Crippen LogP) is 3.59. The summed E-state index contributed by atoms with van der Waals surface area (Å²) in [6, 6.07) is 9.57. The molecule has 10 nitrogen and oxygen atoms in total. The van der Waals surface area contributed by atoms with Crippen LogP contribution in [0.1, 0.15) is 43.5 Å². The molecule has 1 aromatic heterocycles. The molecule has 12 heteroatoms. The lowest BCUT2D eigenvalue weighted by Crippen LogP contribution is -2.37. The summed E-state index contributed by atoms with van der Waals surface area (Å²) in [7, 11) is -3.62. The van der Waals surface area contributed by atoms with Gasteiger partial charge in [-0.2, -0.15) is 9.30 Å². The minimum Gasteiger partial charge on any atom is -0.486 e. The standard InChI is InChI=1S/C27H31N3O7S2/c1-3-35-25(31)10-13-30-21-16-22-23(37-15-14-36-22)17-24(21)38-27(30)28-26(32)19-4-6-20(7-5-19)39(33,34)29-11-8-18(2)9-12-29/h4-7,16-18H,3,8-15H2,1-2H3. The van der Waals surface area contributed by atoms with Crippen LogP contribution in [0.5, 0.6) is 11.5 Å².